The predicted octanol–water partition coefficient (Wildman–Crippen LogP) is 1.55. The van der Waals surface area contributed by atoms with Crippen molar-refractivity contribution in [3.8, 4) is 5.75 Å². The average Bonchev–Trinajstić information content (AvgIpc) is 2.72. The third-order valence-electron chi connectivity index (χ3n) is 2.10. The van der Waals surface area contributed by atoms with Crippen LogP contribution in [0, 0.1) is 12.7 Å². The summed E-state index contributed by atoms with van der Waals surface area (Å²) in [5, 5.41) is 7.43. The largest absolute Gasteiger partial charge is 0.484 e. The molecule has 1 aromatic carbocycles. The second kappa shape index (κ2) is 4.92. The van der Waals surface area contributed by atoms with Gasteiger partial charge in [-0.3, -0.25) is 0 Å². The molecule has 0 aliphatic carbocycles. The molecule has 2 aromatic rings. The van der Waals surface area contributed by atoms with Gasteiger partial charge in [0.15, 0.2) is 6.61 Å². The topological polar surface area (TPSA) is 74.2 Å². The molecule has 0 unspecified atom stereocenters. The Hall–Kier alpha value is -1.95. The first kappa shape index (κ1) is 11.5. The van der Waals surface area contributed by atoms with Crippen LogP contribution in [0.2, 0.25) is 0 Å². The Morgan fingerprint density at radius 2 is 2.18 bits per heavy atom. The highest BCUT2D eigenvalue weighted by molar-refractivity contribution is 5.29. The lowest BCUT2D eigenvalue weighted by Gasteiger charge is -2.05. The van der Waals surface area contributed by atoms with E-state index in [-0.39, 0.29) is 19.0 Å². The Balaban J connectivity index is 2.05. The van der Waals surface area contributed by atoms with E-state index in [2.05, 4.69) is 10.2 Å². The summed E-state index contributed by atoms with van der Waals surface area (Å²) in [7, 11) is 0. The molecule has 2 rings (SSSR count). The monoisotopic (exact) mass is 237 g/mol. The quantitative estimate of drug-likeness (QED) is 0.873. The van der Waals surface area contributed by atoms with Crippen LogP contribution in [0.5, 0.6) is 5.75 Å². The van der Waals surface area contributed by atoms with E-state index in [1.165, 1.54) is 12.1 Å². The molecule has 1 aromatic heterocycles. The summed E-state index contributed by atoms with van der Waals surface area (Å²) in [6, 6.07) is 4.32. The third kappa shape index (κ3) is 3.01. The van der Waals surface area contributed by atoms with Crippen LogP contribution in [0.4, 0.5) is 4.39 Å². The first-order valence-electron chi connectivity index (χ1n) is 5.08. The zero-order chi connectivity index (χ0) is 12.3. The summed E-state index contributed by atoms with van der Waals surface area (Å²) in [5.41, 5.74) is 6.10. The smallest absolute Gasteiger partial charge is 0.253 e. The number of benzene rings is 1. The molecular weight excluding hydrogens is 225 g/mol. The van der Waals surface area contributed by atoms with Gasteiger partial charge in [0.1, 0.15) is 11.6 Å². The van der Waals surface area contributed by atoms with E-state index < -0.39 is 0 Å². The zero-order valence-corrected chi connectivity index (χ0v) is 9.31. The van der Waals surface area contributed by atoms with Crippen LogP contribution in [0.1, 0.15) is 17.3 Å². The van der Waals surface area contributed by atoms with Crippen molar-refractivity contribution in [2.45, 2.75) is 20.1 Å². The second-order valence-corrected chi connectivity index (χ2v) is 3.50. The number of hydrogen-bond donors (Lipinski definition) is 1. The van der Waals surface area contributed by atoms with E-state index in [1.54, 1.807) is 13.0 Å². The average molecular weight is 237 g/mol. The molecule has 90 valence electrons. The maximum atomic E-state index is 13.2. The molecule has 1 heterocycles. The van der Waals surface area contributed by atoms with Gasteiger partial charge in [0.2, 0.25) is 5.89 Å². The first-order valence-corrected chi connectivity index (χ1v) is 5.08. The summed E-state index contributed by atoms with van der Waals surface area (Å²) in [6.45, 7) is 2.05. The van der Waals surface area contributed by atoms with Crippen LogP contribution in [-0.4, -0.2) is 10.2 Å². The fourth-order valence-corrected chi connectivity index (χ4v) is 1.36. The number of aromatic nitrogens is 2. The molecule has 0 radical (unpaired) electrons. The highest BCUT2D eigenvalue weighted by atomic mass is 19.1. The van der Waals surface area contributed by atoms with Crippen molar-refractivity contribution in [1.82, 2.24) is 10.2 Å². The number of rotatable bonds is 4. The van der Waals surface area contributed by atoms with Crippen LogP contribution in [0.15, 0.2) is 22.6 Å². The van der Waals surface area contributed by atoms with Gasteiger partial charge in [0.05, 0.1) is 0 Å². The van der Waals surface area contributed by atoms with Crippen molar-refractivity contribution in [3.63, 3.8) is 0 Å². The maximum Gasteiger partial charge on any atom is 0.253 e. The normalized spacial score (nSPS) is 10.5. The molecule has 6 heteroatoms. The molecule has 0 saturated heterocycles. The maximum absolute atomic E-state index is 13.2. The lowest BCUT2D eigenvalue weighted by atomic mass is 10.2. The number of aryl methyl sites for hydroxylation is 1. The minimum Gasteiger partial charge on any atom is -0.484 e. The minimum absolute atomic E-state index is 0.105. The van der Waals surface area contributed by atoms with Gasteiger partial charge in [0.25, 0.3) is 5.89 Å². The van der Waals surface area contributed by atoms with Gasteiger partial charge in [-0.25, -0.2) is 4.39 Å². The van der Waals surface area contributed by atoms with Gasteiger partial charge in [-0.1, -0.05) is 0 Å². The molecule has 0 spiro atoms. The highest BCUT2D eigenvalue weighted by Gasteiger charge is 2.05. The van der Waals surface area contributed by atoms with E-state index in [1.807, 2.05) is 0 Å². The van der Waals surface area contributed by atoms with Crippen molar-refractivity contribution in [3.05, 3.63) is 41.4 Å². The molecular formula is C11H12FN3O2. The minimum atomic E-state index is -0.385. The third-order valence-corrected chi connectivity index (χ3v) is 2.10. The zero-order valence-electron chi connectivity index (χ0n) is 9.31. The van der Waals surface area contributed by atoms with Crippen LogP contribution < -0.4 is 10.5 Å². The van der Waals surface area contributed by atoms with Crippen molar-refractivity contribution < 1.29 is 13.5 Å². The molecule has 0 aliphatic rings. The van der Waals surface area contributed by atoms with Crippen LogP contribution in [-0.2, 0) is 13.2 Å². The van der Waals surface area contributed by atoms with E-state index in [0.29, 0.717) is 23.1 Å². The van der Waals surface area contributed by atoms with Gasteiger partial charge in [-0.2, -0.15) is 0 Å². The summed E-state index contributed by atoms with van der Waals surface area (Å²) in [5.74, 6) is 0.817. The molecule has 0 fully saturated rings. The van der Waals surface area contributed by atoms with Crippen LogP contribution in [0.25, 0.3) is 0 Å². The number of nitrogens with zero attached hydrogens (tertiary/aromatic N) is 2. The van der Waals surface area contributed by atoms with Crippen molar-refractivity contribution in [1.29, 1.82) is 0 Å². The summed E-state index contributed by atoms with van der Waals surface area (Å²) < 4.78 is 23.6. The number of nitrogens with two attached hydrogens (primary N) is 1. The number of hydrogen-bond acceptors (Lipinski definition) is 5. The van der Waals surface area contributed by atoms with Gasteiger partial charge >= 0.3 is 0 Å². The Labute approximate surface area is 97.4 Å². The SMILES string of the molecule is Cc1nnc(COc2cc(F)cc(CN)c2)o1. The summed E-state index contributed by atoms with van der Waals surface area (Å²) >= 11 is 0. The standard InChI is InChI=1S/C11H12FN3O2/c1-7-14-15-11(17-7)6-16-10-3-8(5-13)2-9(12)4-10/h2-4H,5-6,13H2,1H3. The lowest BCUT2D eigenvalue weighted by molar-refractivity contribution is 0.259. The molecule has 0 aliphatic heterocycles. The van der Waals surface area contributed by atoms with Gasteiger partial charge in [-0.05, 0) is 17.7 Å². The number of ether oxygens (including phenoxy) is 1. The van der Waals surface area contributed by atoms with Crippen molar-refractivity contribution in [2.75, 3.05) is 0 Å². The van der Waals surface area contributed by atoms with Gasteiger partial charge in [-0.15, -0.1) is 10.2 Å². The highest BCUT2D eigenvalue weighted by Crippen LogP contribution is 2.17. The second-order valence-electron chi connectivity index (χ2n) is 3.50. The summed E-state index contributed by atoms with van der Waals surface area (Å²) in [6.07, 6.45) is 0. The number of halogens is 1. The van der Waals surface area contributed by atoms with Crippen molar-refractivity contribution >= 4 is 0 Å². The molecule has 0 amide bonds. The Kier molecular flexibility index (Phi) is 3.34. The van der Waals surface area contributed by atoms with Gasteiger partial charge < -0.3 is 14.9 Å². The molecule has 0 bridgehead atoms. The molecule has 0 atom stereocenters. The Morgan fingerprint density at radius 1 is 1.35 bits per heavy atom. The molecule has 17 heavy (non-hydrogen) atoms. The van der Waals surface area contributed by atoms with E-state index >= 15 is 0 Å². The van der Waals surface area contributed by atoms with Crippen LogP contribution in [0.3, 0.4) is 0 Å². The summed E-state index contributed by atoms with van der Waals surface area (Å²) in [4.78, 5) is 0. The molecule has 5 nitrogen and oxygen atoms in total. The van der Waals surface area contributed by atoms with Crippen molar-refractivity contribution in [2.24, 2.45) is 5.73 Å². The fourth-order valence-electron chi connectivity index (χ4n) is 1.36. The molecule has 2 N–H and O–H groups in total. The first-order chi connectivity index (χ1) is 8.17. The predicted molar refractivity (Wildman–Crippen MR) is 57.7 cm³/mol. The van der Waals surface area contributed by atoms with E-state index in [9.17, 15) is 4.39 Å². The lowest BCUT2D eigenvalue weighted by Crippen LogP contribution is -2.00. The van der Waals surface area contributed by atoms with Crippen LogP contribution >= 0.6 is 0 Å². The van der Waals surface area contributed by atoms with E-state index in [4.69, 9.17) is 14.9 Å². The Bertz CT molecular complexity index is 513. The Morgan fingerprint density at radius 3 is 2.82 bits per heavy atom. The van der Waals surface area contributed by atoms with Gasteiger partial charge in [0, 0.05) is 19.5 Å². The van der Waals surface area contributed by atoms with E-state index in [0.717, 1.165) is 0 Å². The fraction of sp³-hybridized carbons (Fsp3) is 0.273. The molecule has 0 saturated carbocycles.